The van der Waals surface area contributed by atoms with Crippen LogP contribution < -0.4 is 10.2 Å². The van der Waals surface area contributed by atoms with Crippen molar-refractivity contribution < 1.29 is 14.4 Å². The van der Waals surface area contributed by atoms with Gasteiger partial charge >= 0.3 is 0 Å². The van der Waals surface area contributed by atoms with Gasteiger partial charge in [-0.15, -0.1) is 10.2 Å². The van der Waals surface area contributed by atoms with Crippen LogP contribution in [0.4, 0.5) is 10.8 Å². The van der Waals surface area contributed by atoms with Gasteiger partial charge in [0.1, 0.15) is 5.01 Å². The molecule has 8 nitrogen and oxygen atoms in total. The molecule has 2 aliphatic rings. The van der Waals surface area contributed by atoms with Crippen molar-refractivity contribution in [2.45, 2.75) is 45.7 Å². The highest BCUT2D eigenvalue weighted by Crippen LogP contribution is 2.45. The molecule has 0 unspecified atom stereocenters. The molecule has 0 radical (unpaired) electrons. The lowest BCUT2D eigenvalue weighted by Crippen LogP contribution is -2.69. The second kappa shape index (κ2) is 7.22. The first-order valence-electron chi connectivity index (χ1n) is 9.76. The van der Waals surface area contributed by atoms with Crippen molar-refractivity contribution in [2.24, 2.45) is 5.92 Å². The molecular weight excluding hydrogens is 390 g/mol. The third kappa shape index (κ3) is 3.00. The highest BCUT2D eigenvalue weighted by atomic mass is 32.1. The molecule has 0 bridgehead atoms. The summed E-state index contributed by atoms with van der Waals surface area (Å²) in [7, 11) is 0. The number of hydrogen-bond donors (Lipinski definition) is 1. The van der Waals surface area contributed by atoms with Gasteiger partial charge in [0.15, 0.2) is 0 Å². The molecule has 29 heavy (non-hydrogen) atoms. The molecule has 2 aliphatic heterocycles. The Morgan fingerprint density at radius 3 is 2.72 bits per heavy atom. The Bertz CT molecular complexity index is 988. The number of anilines is 2. The van der Waals surface area contributed by atoms with E-state index in [-0.39, 0.29) is 30.6 Å². The monoisotopic (exact) mass is 413 g/mol. The number of carbonyl (C=O) groups is 3. The minimum Gasteiger partial charge on any atom is -0.307 e. The number of nitrogens with zero attached hydrogens (tertiary/aromatic N) is 4. The van der Waals surface area contributed by atoms with Gasteiger partial charge < -0.3 is 4.90 Å². The van der Waals surface area contributed by atoms with Crippen LogP contribution in [0.5, 0.6) is 0 Å². The fourth-order valence-electron chi connectivity index (χ4n) is 4.04. The summed E-state index contributed by atoms with van der Waals surface area (Å²) in [6, 6.07) is 6.98. The van der Waals surface area contributed by atoms with Crippen LogP contribution >= 0.6 is 11.3 Å². The van der Waals surface area contributed by atoms with Crippen LogP contribution in [0.1, 0.15) is 49.0 Å². The molecule has 1 saturated heterocycles. The standard InChI is InChI=1S/C20H23N5O3S/c1-4-15-22-23-19(29-15)21-18(28)20-10-9-16(26)25(20)14-8-6-5-7-13(14)17(27)24(20)11-12(2)3/h5-8,12H,4,9-11H2,1-3H3,(H,21,23,28)/t20-/m1/s1. The predicted molar refractivity (Wildman–Crippen MR) is 110 cm³/mol. The first-order chi connectivity index (χ1) is 13.9. The van der Waals surface area contributed by atoms with Gasteiger partial charge in [0.05, 0.1) is 11.3 Å². The molecule has 4 rings (SSSR count). The lowest BCUT2D eigenvalue weighted by molar-refractivity contribution is -0.129. The lowest BCUT2D eigenvalue weighted by atomic mass is 9.94. The Hall–Kier alpha value is -2.81. The Morgan fingerprint density at radius 2 is 2.03 bits per heavy atom. The summed E-state index contributed by atoms with van der Waals surface area (Å²) >= 11 is 1.30. The lowest BCUT2D eigenvalue weighted by Gasteiger charge is -2.49. The average molecular weight is 414 g/mol. The number of carbonyl (C=O) groups excluding carboxylic acids is 3. The molecule has 1 aromatic carbocycles. The van der Waals surface area contributed by atoms with Gasteiger partial charge in [0.2, 0.25) is 16.7 Å². The Labute approximate surface area is 172 Å². The number of rotatable bonds is 5. The zero-order valence-corrected chi connectivity index (χ0v) is 17.5. The van der Waals surface area contributed by atoms with E-state index in [9.17, 15) is 14.4 Å². The summed E-state index contributed by atoms with van der Waals surface area (Å²) < 4.78 is 0. The highest BCUT2D eigenvalue weighted by Gasteiger charge is 2.60. The van der Waals surface area contributed by atoms with Crippen molar-refractivity contribution in [1.82, 2.24) is 15.1 Å². The normalized spacial score (nSPS) is 20.8. The third-order valence-electron chi connectivity index (χ3n) is 5.27. The molecule has 1 aromatic heterocycles. The first kappa shape index (κ1) is 19.5. The Kier molecular flexibility index (Phi) is 4.85. The molecule has 3 heterocycles. The molecule has 152 valence electrons. The van der Waals surface area contributed by atoms with Gasteiger partial charge in [-0.3, -0.25) is 24.6 Å². The average Bonchev–Trinajstić information content (AvgIpc) is 3.30. The molecule has 2 aromatic rings. The van der Waals surface area contributed by atoms with Crippen LogP contribution in [-0.2, 0) is 16.0 Å². The van der Waals surface area contributed by atoms with Crippen LogP contribution in [0.2, 0.25) is 0 Å². The van der Waals surface area contributed by atoms with E-state index in [4.69, 9.17) is 0 Å². The first-order valence-corrected chi connectivity index (χ1v) is 10.6. The van der Waals surface area contributed by atoms with Crippen LogP contribution in [0.15, 0.2) is 24.3 Å². The summed E-state index contributed by atoms with van der Waals surface area (Å²) in [4.78, 5) is 43.0. The van der Waals surface area contributed by atoms with Crippen LogP contribution in [0.3, 0.4) is 0 Å². The quantitative estimate of drug-likeness (QED) is 0.813. The zero-order chi connectivity index (χ0) is 20.8. The zero-order valence-electron chi connectivity index (χ0n) is 16.6. The number of fused-ring (bicyclic) bond motifs is 3. The van der Waals surface area contributed by atoms with Crippen molar-refractivity contribution in [3.05, 3.63) is 34.8 Å². The van der Waals surface area contributed by atoms with Gasteiger partial charge in [-0.1, -0.05) is 44.2 Å². The molecule has 9 heteroatoms. The number of aryl methyl sites for hydroxylation is 1. The van der Waals surface area contributed by atoms with E-state index in [1.165, 1.54) is 16.2 Å². The van der Waals surface area contributed by atoms with Crippen molar-refractivity contribution in [3.8, 4) is 0 Å². The maximum Gasteiger partial charge on any atom is 0.273 e. The Morgan fingerprint density at radius 1 is 1.28 bits per heavy atom. The second-order valence-electron chi connectivity index (χ2n) is 7.68. The van der Waals surface area contributed by atoms with E-state index >= 15 is 0 Å². The van der Waals surface area contributed by atoms with Gasteiger partial charge in [-0.05, 0) is 24.5 Å². The third-order valence-corrected chi connectivity index (χ3v) is 6.26. The summed E-state index contributed by atoms with van der Waals surface area (Å²) in [5.41, 5.74) is -0.470. The van der Waals surface area contributed by atoms with E-state index in [1.54, 1.807) is 29.2 Å². The number of amides is 3. The van der Waals surface area contributed by atoms with E-state index in [1.807, 2.05) is 20.8 Å². The minimum absolute atomic E-state index is 0.125. The maximum absolute atomic E-state index is 13.6. The van der Waals surface area contributed by atoms with Gasteiger partial charge in [-0.25, -0.2) is 0 Å². The number of hydrogen-bond acceptors (Lipinski definition) is 6. The van der Waals surface area contributed by atoms with Crippen LogP contribution in [0.25, 0.3) is 0 Å². The smallest absolute Gasteiger partial charge is 0.273 e. The van der Waals surface area contributed by atoms with E-state index in [0.29, 0.717) is 29.3 Å². The molecular formula is C20H23N5O3S. The molecule has 0 aliphatic carbocycles. The number of para-hydroxylation sites is 1. The summed E-state index contributed by atoms with van der Waals surface area (Å²) in [6.07, 6.45) is 1.15. The highest BCUT2D eigenvalue weighted by molar-refractivity contribution is 7.15. The SMILES string of the molecule is CCc1nnc(NC(=O)[C@@]23CCC(=O)N2c2ccccc2C(=O)N3CC(C)C)s1. The van der Waals surface area contributed by atoms with Crippen molar-refractivity contribution in [1.29, 1.82) is 0 Å². The fourth-order valence-corrected chi connectivity index (χ4v) is 4.72. The number of benzene rings is 1. The van der Waals surface area contributed by atoms with Crippen LogP contribution in [-0.4, -0.2) is 45.0 Å². The van der Waals surface area contributed by atoms with E-state index in [0.717, 1.165) is 5.01 Å². The molecule has 1 atom stereocenters. The molecule has 0 saturated carbocycles. The molecule has 0 spiro atoms. The summed E-state index contributed by atoms with van der Waals surface area (Å²) in [6.45, 7) is 6.29. The largest absolute Gasteiger partial charge is 0.307 e. The van der Waals surface area contributed by atoms with Crippen molar-refractivity contribution in [3.63, 3.8) is 0 Å². The van der Waals surface area contributed by atoms with Crippen molar-refractivity contribution >= 4 is 39.9 Å². The predicted octanol–water partition coefficient (Wildman–Crippen LogP) is 2.67. The van der Waals surface area contributed by atoms with Gasteiger partial charge in [0, 0.05) is 19.4 Å². The maximum atomic E-state index is 13.6. The topological polar surface area (TPSA) is 95.5 Å². The van der Waals surface area contributed by atoms with Gasteiger partial charge in [-0.2, -0.15) is 0 Å². The summed E-state index contributed by atoms with van der Waals surface area (Å²) in [5, 5.41) is 12.1. The minimum atomic E-state index is -1.40. The van der Waals surface area contributed by atoms with E-state index < -0.39 is 11.6 Å². The Balaban J connectivity index is 1.82. The fraction of sp³-hybridized carbons (Fsp3) is 0.450. The molecule has 1 fully saturated rings. The summed E-state index contributed by atoms with van der Waals surface area (Å²) in [5.74, 6) is -0.701. The number of aromatic nitrogens is 2. The molecule has 1 N–H and O–H groups in total. The van der Waals surface area contributed by atoms with Crippen LogP contribution in [0, 0.1) is 5.92 Å². The van der Waals surface area contributed by atoms with E-state index in [2.05, 4.69) is 15.5 Å². The molecule has 3 amide bonds. The van der Waals surface area contributed by atoms with Gasteiger partial charge in [0.25, 0.3) is 11.8 Å². The second-order valence-corrected chi connectivity index (χ2v) is 8.74. The van der Waals surface area contributed by atoms with Crippen molar-refractivity contribution in [2.75, 3.05) is 16.8 Å². The number of nitrogens with one attached hydrogen (secondary N) is 1.